The van der Waals surface area contributed by atoms with Gasteiger partial charge in [0.05, 0.1) is 0 Å². The van der Waals surface area contributed by atoms with Gasteiger partial charge < -0.3 is 0 Å². The molecule has 0 bridgehead atoms. The van der Waals surface area contributed by atoms with Gasteiger partial charge in [0, 0.05) is 9.65 Å². The van der Waals surface area contributed by atoms with Crippen LogP contribution < -0.4 is 0 Å². The Morgan fingerprint density at radius 3 is 1.30 bits per heavy atom. The highest BCUT2D eigenvalue weighted by atomic mass is 79.9. The summed E-state index contributed by atoms with van der Waals surface area (Å²) in [6, 6.07) is 18.0. The molecule has 0 saturated heterocycles. The first-order valence-corrected chi connectivity index (χ1v) is 9.08. The number of alkyl halides is 2. The Morgan fingerprint density at radius 2 is 0.900 bits per heavy atom. The molecule has 0 nitrogen and oxygen atoms in total. The quantitative estimate of drug-likeness (QED) is 0.507. The normalized spacial score (nSPS) is 39.5. The van der Waals surface area contributed by atoms with E-state index in [1.165, 1.54) is 11.1 Å². The molecule has 0 spiro atoms. The molecule has 0 radical (unpaired) electrons. The molecule has 20 heavy (non-hydrogen) atoms. The van der Waals surface area contributed by atoms with Crippen LogP contribution in [0.4, 0.5) is 0 Å². The maximum absolute atomic E-state index is 3.98. The van der Waals surface area contributed by atoms with Gasteiger partial charge in [-0.05, 0) is 45.9 Å². The highest BCUT2D eigenvalue weighted by Gasteiger charge is 2.63. The highest BCUT2D eigenvalue weighted by molar-refractivity contribution is 9.09. The molecule has 3 aliphatic rings. The van der Waals surface area contributed by atoms with Gasteiger partial charge in [-0.1, -0.05) is 80.4 Å². The third-order valence-corrected chi connectivity index (χ3v) is 7.85. The molecule has 2 aromatic carbocycles. The predicted molar refractivity (Wildman–Crippen MR) is 88.7 cm³/mol. The fourth-order valence-corrected chi connectivity index (χ4v) is 7.11. The number of rotatable bonds is 0. The summed E-state index contributed by atoms with van der Waals surface area (Å²) in [7, 11) is 0. The monoisotopic (exact) mass is 388 g/mol. The second-order valence-electron chi connectivity index (χ2n) is 6.27. The van der Waals surface area contributed by atoms with Crippen LogP contribution in [-0.4, -0.2) is 0 Å². The van der Waals surface area contributed by atoms with Crippen molar-refractivity contribution in [1.82, 2.24) is 0 Å². The molecule has 1 saturated carbocycles. The van der Waals surface area contributed by atoms with E-state index >= 15 is 0 Å². The number of hydrogen-bond acceptors (Lipinski definition) is 0. The third kappa shape index (κ3) is 1.24. The van der Waals surface area contributed by atoms with Crippen LogP contribution in [0.1, 0.15) is 43.7 Å². The van der Waals surface area contributed by atoms with Gasteiger partial charge in [-0.2, -0.15) is 0 Å². The van der Waals surface area contributed by atoms with Crippen molar-refractivity contribution >= 4 is 31.9 Å². The molecule has 100 valence electrons. The number of benzene rings is 2. The molecule has 6 atom stereocenters. The number of fused-ring (bicyclic) bond motifs is 8. The molecule has 2 aromatic rings. The molecule has 5 rings (SSSR count). The Hall–Kier alpha value is -0.600. The second-order valence-corrected chi connectivity index (χ2v) is 8.24. The Bertz CT molecular complexity index is 647. The average molecular weight is 390 g/mol. The van der Waals surface area contributed by atoms with Crippen molar-refractivity contribution in [3.05, 3.63) is 70.8 Å². The zero-order valence-corrected chi connectivity index (χ0v) is 14.0. The Balaban J connectivity index is 1.69. The fourth-order valence-electron chi connectivity index (χ4n) is 4.91. The fraction of sp³-hybridized carbons (Fsp3) is 0.333. The molecule has 0 amide bonds. The summed E-state index contributed by atoms with van der Waals surface area (Å²) in [5.74, 6) is 2.91. The summed E-state index contributed by atoms with van der Waals surface area (Å²) in [5, 5.41) is 0. The van der Waals surface area contributed by atoms with Gasteiger partial charge in [0.1, 0.15) is 0 Å². The van der Waals surface area contributed by atoms with Gasteiger partial charge in [0.25, 0.3) is 0 Å². The summed E-state index contributed by atoms with van der Waals surface area (Å²) in [4.78, 5) is 1.05. The Kier molecular flexibility index (Phi) is 2.39. The summed E-state index contributed by atoms with van der Waals surface area (Å²) < 4.78 is 0. The molecular weight excluding hydrogens is 376 g/mol. The zero-order chi connectivity index (χ0) is 13.4. The molecule has 2 heteroatoms. The maximum Gasteiger partial charge on any atom is 0.0435 e. The zero-order valence-electron chi connectivity index (χ0n) is 10.8. The van der Waals surface area contributed by atoms with Gasteiger partial charge in [-0.3, -0.25) is 0 Å². The van der Waals surface area contributed by atoms with Crippen molar-refractivity contribution in [2.75, 3.05) is 0 Å². The van der Waals surface area contributed by atoms with Crippen LogP contribution in [0.2, 0.25) is 0 Å². The van der Waals surface area contributed by atoms with E-state index in [-0.39, 0.29) is 0 Å². The van der Waals surface area contributed by atoms with E-state index in [1.807, 2.05) is 0 Å². The van der Waals surface area contributed by atoms with Crippen molar-refractivity contribution in [2.24, 2.45) is 11.8 Å². The van der Waals surface area contributed by atoms with E-state index in [2.05, 4.69) is 80.4 Å². The van der Waals surface area contributed by atoms with Crippen LogP contribution >= 0.6 is 31.9 Å². The lowest BCUT2D eigenvalue weighted by atomic mass is 9.57. The van der Waals surface area contributed by atoms with Crippen LogP contribution in [0.25, 0.3) is 0 Å². The molecule has 0 aromatic heterocycles. The average Bonchev–Trinajstić information content (AvgIpc) is 2.82. The van der Waals surface area contributed by atoms with Crippen molar-refractivity contribution in [3.63, 3.8) is 0 Å². The van der Waals surface area contributed by atoms with Crippen molar-refractivity contribution < 1.29 is 0 Å². The van der Waals surface area contributed by atoms with E-state index in [0.29, 0.717) is 21.5 Å². The molecule has 0 N–H and O–H groups in total. The first-order chi connectivity index (χ1) is 9.79. The third-order valence-electron chi connectivity index (χ3n) is 5.64. The summed E-state index contributed by atoms with van der Waals surface area (Å²) in [6.45, 7) is 0. The van der Waals surface area contributed by atoms with Gasteiger partial charge in [-0.15, -0.1) is 0 Å². The van der Waals surface area contributed by atoms with E-state index in [0.717, 1.165) is 11.8 Å². The van der Waals surface area contributed by atoms with Crippen LogP contribution in [0, 0.1) is 11.8 Å². The molecular formula is C18H14Br2. The Labute approximate surface area is 135 Å². The first-order valence-electron chi connectivity index (χ1n) is 7.25. The van der Waals surface area contributed by atoms with Gasteiger partial charge in [-0.25, -0.2) is 0 Å². The molecule has 0 aliphatic heterocycles. The number of halogens is 2. The van der Waals surface area contributed by atoms with Gasteiger partial charge in [0.2, 0.25) is 0 Å². The van der Waals surface area contributed by atoms with E-state index in [1.54, 1.807) is 11.1 Å². The smallest absolute Gasteiger partial charge is 0.0435 e. The molecule has 1 fully saturated rings. The lowest BCUT2D eigenvalue weighted by Gasteiger charge is -2.48. The van der Waals surface area contributed by atoms with Crippen LogP contribution in [0.3, 0.4) is 0 Å². The largest absolute Gasteiger partial charge is 0.0835 e. The first kappa shape index (κ1) is 12.0. The van der Waals surface area contributed by atoms with Gasteiger partial charge in [0.15, 0.2) is 0 Å². The predicted octanol–water partition coefficient (Wildman–Crippen LogP) is 5.70. The lowest BCUT2D eigenvalue weighted by molar-refractivity contribution is 0.121. The SMILES string of the molecule is Br[C@@H]1c2ccccc2[C@@H]2[C@@H]3c4ccccc4[C@H](Br)[C@@H]3[C@H]21. The standard InChI is InChI=1S/C18H14Br2/c19-17-11-7-3-1-5-9(11)13-14-10-6-2-4-8-12(10)18(20)16(14)15(13)17/h1-8,13-18H/t13-,14+,15-,16-,17-,18+/m0/s1. The van der Waals surface area contributed by atoms with Crippen LogP contribution in [0.15, 0.2) is 48.5 Å². The van der Waals surface area contributed by atoms with Crippen molar-refractivity contribution in [3.8, 4) is 0 Å². The lowest BCUT2D eigenvalue weighted by Crippen LogP contribution is -2.40. The summed E-state index contributed by atoms with van der Waals surface area (Å²) in [5.41, 5.74) is 6.21. The maximum atomic E-state index is 3.98. The molecule has 0 heterocycles. The summed E-state index contributed by atoms with van der Waals surface area (Å²) in [6.07, 6.45) is 0. The topological polar surface area (TPSA) is 0 Å². The van der Waals surface area contributed by atoms with Gasteiger partial charge >= 0.3 is 0 Å². The van der Waals surface area contributed by atoms with E-state index < -0.39 is 0 Å². The minimum atomic E-state index is 0.527. The number of hydrogen-bond donors (Lipinski definition) is 0. The molecule has 3 aliphatic carbocycles. The molecule has 0 unspecified atom stereocenters. The van der Waals surface area contributed by atoms with E-state index in [9.17, 15) is 0 Å². The van der Waals surface area contributed by atoms with Crippen molar-refractivity contribution in [1.29, 1.82) is 0 Å². The minimum absolute atomic E-state index is 0.527. The van der Waals surface area contributed by atoms with E-state index in [4.69, 9.17) is 0 Å². The summed E-state index contributed by atoms with van der Waals surface area (Å²) >= 11 is 7.96. The van der Waals surface area contributed by atoms with Crippen LogP contribution in [-0.2, 0) is 0 Å². The van der Waals surface area contributed by atoms with Crippen LogP contribution in [0.5, 0.6) is 0 Å². The highest BCUT2D eigenvalue weighted by Crippen LogP contribution is 2.75. The Morgan fingerprint density at radius 1 is 0.550 bits per heavy atom. The van der Waals surface area contributed by atoms with Crippen molar-refractivity contribution in [2.45, 2.75) is 21.5 Å². The minimum Gasteiger partial charge on any atom is -0.0835 e. The second kappa shape index (κ2) is 3.98.